The first-order valence-corrected chi connectivity index (χ1v) is 15.9. The summed E-state index contributed by atoms with van der Waals surface area (Å²) >= 11 is 7.79. The number of ether oxygens (including phenoxy) is 1. The normalized spacial score (nSPS) is 14.3. The molecule has 40 heavy (non-hydrogen) atoms. The number of nitrogens with zero attached hydrogens (tertiary/aromatic N) is 4. The van der Waals surface area contributed by atoms with E-state index in [4.69, 9.17) is 21.3 Å². The fraction of sp³-hybridized carbons (Fsp3) is 0.310. The van der Waals surface area contributed by atoms with E-state index in [0.29, 0.717) is 46.7 Å². The van der Waals surface area contributed by atoms with Crippen molar-refractivity contribution in [2.75, 3.05) is 55.1 Å². The number of carbonyl (C=O) groups excluding carboxylic acids is 1. The van der Waals surface area contributed by atoms with Crippen LogP contribution in [0.25, 0.3) is 10.2 Å². The molecule has 1 amide bonds. The summed E-state index contributed by atoms with van der Waals surface area (Å²) in [6.45, 7) is 6.55. The lowest BCUT2D eigenvalue weighted by molar-refractivity contribution is 0.0376. The molecule has 1 aliphatic heterocycles. The van der Waals surface area contributed by atoms with Crippen LogP contribution in [0.3, 0.4) is 0 Å². The van der Waals surface area contributed by atoms with E-state index in [0.717, 1.165) is 30.8 Å². The topological polar surface area (TPSA) is 83.1 Å². The van der Waals surface area contributed by atoms with Gasteiger partial charge >= 0.3 is 0 Å². The van der Waals surface area contributed by atoms with Crippen molar-refractivity contribution in [2.24, 2.45) is 0 Å². The Morgan fingerprint density at radius 2 is 1.75 bits per heavy atom. The Balaban J connectivity index is 1.40. The number of halogens is 1. The summed E-state index contributed by atoms with van der Waals surface area (Å²) in [5, 5.41) is 1.10. The lowest BCUT2D eigenvalue weighted by Gasteiger charge is -2.27. The zero-order chi connectivity index (χ0) is 28.1. The van der Waals surface area contributed by atoms with E-state index >= 15 is 0 Å². The van der Waals surface area contributed by atoms with Crippen LogP contribution in [0.5, 0.6) is 0 Å². The number of para-hydroxylation sites is 2. The Bertz CT molecular complexity index is 1560. The number of benzene rings is 3. The molecule has 1 saturated heterocycles. The molecule has 1 aliphatic rings. The number of hydrogen-bond donors (Lipinski definition) is 0. The minimum absolute atomic E-state index is 0.125. The van der Waals surface area contributed by atoms with E-state index in [1.165, 1.54) is 27.8 Å². The lowest BCUT2D eigenvalue weighted by atomic mass is 10.2. The van der Waals surface area contributed by atoms with Crippen LogP contribution in [0, 0.1) is 0 Å². The number of carbonyl (C=O) groups is 1. The Hall–Kier alpha value is -3.02. The van der Waals surface area contributed by atoms with Gasteiger partial charge in [0.1, 0.15) is 5.52 Å². The molecule has 4 aromatic rings. The van der Waals surface area contributed by atoms with Gasteiger partial charge in [0.2, 0.25) is 0 Å². The molecule has 0 bridgehead atoms. The first kappa shape index (κ1) is 28.5. The third kappa shape index (κ3) is 6.16. The molecule has 0 atom stereocenters. The summed E-state index contributed by atoms with van der Waals surface area (Å²) in [4.78, 5) is 22.7. The minimum Gasteiger partial charge on any atom is -0.379 e. The van der Waals surface area contributed by atoms with E-state index in [2.05, 4.69) is 4.90 Å². The Labute approximate surface area is 243 Å². The van der Waals surface area contributed by atoms with E-state index in [1.807, 2.05) is 18.2 Å². The smallest absolute Gasteiger partial charge is 0.264 e. The quantitative estimate of drug-likeness (QED) is 0.239. The third-order valence-electron chi connectivity index (χ3n) is 6.81. The largest absolute Gasteiger partial charge is 0.379 e. The van der Waals surface area contributed by atoms with Crippen molar-refractivity contribution < 1.29 is 17.9 Å². The highest BCUT2D eigenvalue weighted by atomic mass is 35.5. The van der Waals surface area contributed by atoms with Crippen LogP contribution in [-0.2, 0) is 14.8 Å². The second-order valence-electron chi connectivity index (χ2n) is 9.38. The minimum atomic E-state index is -3.80. The van der Waals surface area contributed by atoms with Crippen molar-refractivity contribution in [3.8, 4) is 0 Å². The summed E-state index contributed by atoms with van der Waals surface area (Å²) in [6, 6.07) is 20.7. The van der Waals surface area contributed by atoms with Gasteiger partial charge in [-0.25, -0.2) is 13.4 Å². The highest BCUT2D eigenvalue weighted by molar-refractivity contribution is 7.92. The molecule has 1 fully saturated rings. The molecule has 3 aromatic carbocycles. The number of amides is 1. The van der Waals surface area contributed by atoms with Crippen molar-refractivity contribution in [1.82, 2.24) is 9.88 Å². The molecule has 0 spiro atoms. The summed E-state index contributed by atoms with van der Waals surface area (Å²) in [5.74, 6) is -0.239. The molecule has 0 N–H and O–H groups in total. The fourth-order valence-electron chi connectivity index (χ4n) is 4.72. The van der Waals surface area contributed by atoms with E-state index < -0.39 is 10.0 Å². The molecule has 210 valence electrons. The van der Waals surface area contributed by atoms with E-state index in [-0.39, 0.29) is 17.3 Å². The first-order chi connectivity index (χ1) is 19.4. The fourth-order valence-corrected chi connectivity index (χ4v) is 7.48. The van der Waals surface area contributed by atoms with Gasteiger partial charge in [-0.3, -0.25) is 18.9 Å². The molecule has 0 radical (unpaired) electrons. The van der Waals surface area contributed by atoms with Crippen molar-refractivity contribution in [2.45, 2.75) is 18.2 Å². The Kier molecular flexibility index (Phi) is 9.02. The molecule has 11 heteroatoms. The maximum Gasteiger partial charge on any atom is 0.264 e. The second-order valence-corrected chi connectivity index (χ2v) is 12.7. The van der Waals surface area contributed by atoms with Crippen LogP contribution in [0.2, 0.25) is 5.02 Å². The Morgan fingerprint density at radius 3 is 2.42 bits per heavy atom. The molecule has 0 aliphatic carbocycles. The van der Waals surface area contributed by atoms with Gasteiger partial charge < -0.3 is 4.74 Å². The predicted octanol–water partition coefficient (Wildman–Crippen LogP) is 5.53. The SMILES string of the molecule is CCN(c1ccccc1)S(=O)(=O)c1ccc(C(=O)N(CCCN2CCOCC2)c2nc3c(Cl)cccc3s2)cc1. The third-order valence-corrected chi connectivity index (χ3v) is 10.1. The van der Waals surface area contributed by atoms with Crippen LogP contribution in [-0.4, -0.2) is 70.1 Å². The van der Waals surface area contributed by atoms with Crippen molar-refractivity contribution in [3.05, 3.63) is 83.4 Å². The monoisotopic (exact) mass is 598 g/mol. The molecular weight excluding hydrogens is 568 g/mol. The molecule has 1 aromatic heterocycles. The number of thiazole rings is 1. The Morgan fingerprint density at radius 1 is 1.02 bits per heavy atom. The second kappa shape index (κ2) is 12.7. The number of sulfonamides is 1. The molecule has 8 nitrogen and oxygen atoms in total. The lowest BCUT2D eigenvalue weighted by Crippen LogP contribution is -2.39. The molecule has 0 unspecified atom stereocenters. The van der Waals surface area contributed by atoms with Crippen molar-refractivity contribution >= 4 is 59.9 Å². The summed E-state index contributed by atoms with van der Waals surface area (Å²) in [7, 11) is -3.80. The average Bonchev–Trinajstić information content (AvgIpc) is 3.42. The van der Waals surface area contributed by atoms with Gasteiger partial charge in [0.15, 0.2) is 5.13 Å². The van der Waals surface area contributed by atoms with Gasteiger partial charge in [-0.05, 0) is 61.9 Å². The highest BCUT2D eigenvalue weighted by Gasteiger charge is 2.26. The van der Waals surface area contributed by atoms with E-state index in [9.17, 15) is 13.2 Å². The number of aromatic nitrogens is 1. The molecular formula is C29H31ClN4O4S2. The molecule has 2 heterocycles. The zero-order valence-electron chi connectivity index (χ0n) is 22.2. The van der Waals surface area contributed by atoms with E-state index in [1.54, 1.807) is 54.3 Å². The van der Waals surface area contributed by atoms with Crippen LogP contribution >= 0.6 is 22.9 Å². The average molecular weight is 599 g/mol. The van der Waals surface area contributed by atoms with Gasteiger partial charge in [0.25, 0.3) is 15.9 Å². The van der Waals surface area contributed by atoms with Crippen LogP contribution in [0.1, 0.15) is 23.7 Å². The standard InChI is InChI=1S/C29H31ClN4O4S2/c1-2-34(23-8-4-3-5-9-23)40(36,37)24-14-12-22(13-15-24)28(35)33(17-7-16-32-18-20-38-21-19-32)29-31-27-25(30)10-6-11-26(27)39-29/h3-6,8-15H,2,7,16-21H2,1H3. The van der Waals surface area contributed by atoms with Gasteiger partial charge in [-0.15, -0.1) is 0 Å². The summed E-state index contributed by atoms with van der Waals surface area (Å²) in [5.41, 5.74) is 1.64. The zero-order valence-corrected chi connectivity index (χ0v) is 24.6. The van der Waals surface area contributed by atoms with Gasteiger partial charge in [0.05, 0.1) is 33.5 Å². The number of anilines is 2. The highest BCUT2D eigenvalue weighted by Crippen LogP contribution is 2.34. The number of morpholine rings is 1. The van der Waals surface area contributed by atoms with Crippen LogP contribution in [0.4, 0.5) is 10.8 Å². The van der Waals surface area contributed by atoms with Gasteiger partial charge in [-0.1, -0.05) is 47.2 Å². The molecule has 5 rings (SSSR count). The maximum absolute atomic E-state index is 13.8. The number of hydrogen-bond acceptors (Lipinski definition) is 7. The summed E-state index contributed by atoms with van der Waals surface area (Å²) in [6.07, 6.45) is 0.754. The van der Waals surface area contributed by atoms with Crippen molar-refractivity contribution in [3.63, 3.8) is 0 Å². The first-order valence-electron chi connectivity index (χ1n) is 13.2. The van der Waals surface area contributed by atoms with Gasteiger partial charge in [-0.2, -0.15) is 0 Å². The maximum atomic E-state index is 13.8. The van der Waals surface area contributed by atoms with Crippen LogP contribution in [0.15, 0.2) is 77.7 Å². The predicted molar refractivity (Wildman–Crippen MR) is 161 cm³/mol. The number of rotatable bonds is 10. The molecule has 0 saturated carbocycles. The summed E-state index contributed by atoms with van der Waals surface area (Å²) < 4.78 is 34.5. The van der Waals surface area contributed by atoms with Crippen LogP contribution < -0.4 is 9.21 Å². The van der Waals surface area contributed by atoms with Crippen molar-refractivity contribution in [1.29, 1.82) is 0 Å². The number of fused-ring (bicyclic) bond motifs is 1. The van der Waals surface area contributed by atoms with Gasteiger partial charge in [0, 0.05) is 38.3 Å².